The van der Waals surface area contributed by atoms with Crippen molar-refractivity contribution in [1.29, 1.82) is 0 Å². The van der Waals surface area contributed by atoms with Crippen LogP contribution >= 0.6 is 0 Å². The summed E-state index contributed by atoms with van der Waals surface area (Å²) in [7, 11) is 1.87. The molecule has 0 aliphatic carbocycles. The summed E-state index contributed by atoms with van der Waals surface area (Å²) in [5.74, 6) is 0.413. The molecule has 0 aliphatic rings. The van der Waals surface area contributed by atoms with Crippen molar-refractivity contribution in [2.24, 2.45) is 0 Å². The number of rotatable bonds is 5. The number of anilines is 1. The second-order valence-electron chi connectivity index (χ2n) is 5.23. The van der Waals surface area contributed by atoms with Crippen molar-refractivity contribution in [2.45, 2.75) is 13.1 Å². The van der Waals surface area contributed by atoms with Crippen LogP contribution in [-0.4, -0.2) is 26.6 Å². The minimum Gasteiger partial charge on any atom is -0.339 e. The molecule has 6 nitrogen and oxygen atoms in total. The van der Waals surface area contributed by atoms with Gasteiger partial charge in [-0.2, -0.15) is 4.98 Å². The molecule has 0 radical (unpaired) electrons. The summed E-state index contributed by atoms with van der Waals surface area (Å²) in [6.07, 6.45) is 3.21. The Balaban J connectivity index is 1.75. The molecule has 1 aromatic carbocycles. The average Bonchev–Trinajstić information content (AvgIpc) is 2.58. The van der Waals surface area contributed by atoms with Crippen molar-refractivity contribution >= 4 is 5.95 Å². The number of aromatic nitrogens is 4. The van der Waals surface area contributed by atoms with Crippen LogP contribution in [0.5, 0.6) is 0 Å². The Kier molecular flexibility index (Phi) is 4.42. The number of pyridine rings is 1. The molecule has 6 heteroatoms. The van der Waals surface area contributed by atoms with E-state index in [-0.39, 0.29) is 5.69 Å². The summed E-state index contributed by atoms with van der Waals surface area (Å²) in [6.45, 7) is 1.01. The third kappa shape index (κ3) is 3.79. The summed E-state index contributed by atoms with van der Waals surface area (Å²) in [5.41, 5.74) is 1.60. The Labute approximate surface area is 134 Å². The number of hydrogen-bond acceptors (Lipinski definition) is 5. The molecule has 23 heavy (non-hydrogen) atoms. The van der Waals surface area contributed by atoms with Gasteiger partial charge in [0.1, 0.15) is 6.33 Å². The molecule has 0 atom stereocenters. The molecule has 0 unspecified atom stereocenters. The van der Waals surface area contributed by atoms with Gasteiger partial charge in [-0.25, -0.2) is 9.78 Å². The van der Waals surface area contributed by atoms with Gasteiger partial charge in [0.2, 0.25) is 5.95 Å². The van der Waals surface area contributed by atoms with Crippen LogP contribution < -0.4 is 10.6 Å². The molecule has 2 heterocycles. The molecule has 0 saturated carbocycles. The minimum atomic E-state index is -0.333. The fourth-order valence-corrected chi connectivity index (χ4v) is 2.24. The van der Waals surface area contributed by atoms with E-state index < -0.39 is 0 Å². The van der Waals surface area contributed by atoms with Crippen molar-refractivity contribution in [3.63, 3.8) is 0 Å². The van der Waals surface area contributed by atoms with Crippen LogP contribution in [-0.2, 0) is 13.1 Å². The van der Waals surface area contributed by atoms with Gasteiger partial charge in [0.05, 0.1) is 12.2 Å². The molecule has 0 bridgehead atoms. The molecule has 116 valence electrons. The van der Waals surface area contributed by atoms with Crippen LogP contribution in [0, 0.1) is 0 Å². The van der Waals surface area contributed by atoms with Gasteiger partial charge in [0.15, 0.2) is 0 Å². The lowest BCUT2D eigenvalue weighted by molar-refractivity contribution is 0.677. The smallest absolute Gasteiger partial charge is 0.339 e. The number of benzene rings is 1. The van der Waals surface area contributed by atoms with E-state index in [1.165, 1.54) is 10.9 Å². The van der Waals surface area contributed by atoms with E-state index >= 15 is 0 Å². The monoisotopic (exact) mass is 307 g/mol. The standard InChI is InChI=1S/C17H17N5O/c1-21(11-14-7-3-2-4-8-14)16-19-13-22(17(23)20-16)12-15-9-5-6-10-18-15/h2-10,13H,11-12H2,1H3. The molecule has 0 fully saturated rings. The van der Waals surface area contributed by atoms with E-state index in [4.69, 9.17) is 0 Å². The van der Waals surface area contributed by atoms with Crippen molar-refractivity contribution < 1.29 is 0 Å². The molecule has 0 saturated heterocycles. The second kappa shape index (κ2) is 6.83. The van der Waals surface area contributed by atoms with Crippen LogP contribution in [0.25, 0.3) is 0 Å². The van der Waals surface area contributed by atoms with Crippen LogP contribution in [0.2, 0.25) is 0 Å². The normalized spacial score (nSPS) is 10.5. The Morgan fingerprint density at radius 3 is 2.52 bits per heavy atom. The van der Waals surface area contributed by atoms with Gasteiger partial charge in [-0.1, -0.05) is 36.4 Å². The highest BCUT2D eigenvalue weighted by molar-refractivity contribution is 5.29. The van der Waals surface area contributed by atoms with Crippen LogP contribution in [0.4, 0.5) is 5.95 Å². The topological polar surface area (TPSA) is 63.9 Å². The lowest BCUT2D eigenvalue weighted by Gasteiger charge is -2.17. The van der Waals surface area contributed by atoms with Gasteiger partial charge in [0.25, 0.3) is 0 Å². The third-order valence-electron chi connectivity index (χ3n) is 3.42. The summed E-state index contributed by atoms with van der Waals surface area (Å²) in [5, 5.41) is 0. The molecule has 0 aliphatic heterocycles. The molecule has 0 N–H and O–H groups in total. The zero-order valence-electron chi connectivity index (χ0n) is 12.8. The van der Waals surface area contributed by atoms with E-state index in [0.717, 1.165) is 11.3 Å². The Bertz CT molecular complexity index is 817. The van der Waals surface area contributed by atoms with E-state index in [0.29, 0.717) is 19.0 Å². The number of hydrogen-bond donors (Lipinski definition) is 0. The van der Waals surface area contributed by atoms with Crippen molar-refractivity contribution in [3.05, 3.63) is 82.8 Å². The average molecular weight is 307 g/mol. The lowest BCUT2D eigenvalue weighted by Crippen LogP contribution is -2.29. The fourth-order valence-electron chi connectivity index (χ4n) is 2.24. The van der Waals surface area contributed by atoms with Gasteiger partial charge in [-0.05, 0) is 17.7 Å². The molecule has 3 rings (SSSR count). The Hall–Kier alpha value is -3.02. The van der Waals surface area contributed by atoms with Gasteiger partial charge < -0.3 is 4.90 Å². The first-order chi connectivity index (χ1) is 11.2. The van der Waals surface area contributed by atoms with Crippen molar-refractivity contribution in [2.75, 3.05) is 11.9 Å². The highest BCUT2D eigenvalue weighted by Gasteiger charge is 2.08. The summed E-state index contributed by atoms with van der Waals surface area (Å²) in [4.78, 5) is 26.6. The van der Waals surface area contributed by atoms with E-state index in [9.17, 15) is 4.79 Å². The Morgan fingerprint density at radius 1 is 1.04 bits per heavy atom. The van der Waals surface area contributed by atoms with Crippen molar-refractivity contribution in [1.82, 2.24) is 19.5 Å². The number of nitrogens with zero attached hydrogens (tertiary/aromatic N) is 5. The quantitative estimate of drug-likeness (QED) is 0.718. The highest BCUT2D eigenvalue weighted by Crippen LogP contribution is 2.08. The van der Waals surface area contributed by atoms with Gasteiger partial charge in [-0.15, -0.1) is 0 Å². The minimum absolute atomic E-state index is 0.333. The maximum Gasteiger partial charge on any atom is 0.352 e. The molecule has 2 aromatic heterocycles. The van der Waals surface area contributed by atoms with Crippen LogP contribution in [0.15, 0.2) is 65.8 Å². The first kappa shape index (κ1) is 14.9. The summed E-state index contributed by atoms with van der Waals surface area (Å²) < 4.78 is 1.45. The van der Waals surface area contributed by atoms with E-state index in [2.05, 4.69) is 15.0 Å². The van der Waals surface area contributed by atoms with E-state index in [1.807, 2.05) is 60.5 Å². The third-order valence-corrected chi connectivity index (χ3v) is 3.42. The predicted octanol–water partition coefficient (Wildman–Crippen LogP) is 1.72. The summed E-state index contributed by atoms with van der Waals surface area (Å²) in [6, 6.07) is 15.6. The zero-order chi connectivity index (χ0) is 16.1. The van der Waals surface area contributed by atoms with Crippen LogP contribution in [0.3, 0.4) is 0 Å². The molecule has 0 spiro atoms. The van der Waals surface area contributed by atoms with Crippen molar-refractivity contribution in [3.8, 4) is 0 Å². The van der Waals surface area contributed by atoms with Gasteiger partial charge >= 0.3 is 5.69 Å². The SMILES string of the molecule is CN(Cc1ccccc1)c1ncn(Cc2ccccn2)c(=O)n1. The predicted molar refractivity (Wildman–Crippen MR) is 88.2 cm³/mol. The maximum absolute atomic E-state index is 12.2. The lowest BCUT2D eigenvalue weighted by atomic mass is 10.2. The maximum atomic E-state index is 12.2. The Morgan fingerprint density at radius 2 is 1.83 bits per heavy atom. The first-order valence-electron chi connectivity index (χ1n) is 7.31. The molecule has 3 aromatic rings. The summed E-state index contributed by atoms with van der Waals surface area (Å²) >= 11 is 0. The second-order valence-corrected chi connectivity index (χ2v) is 5.23. The zero-order valence-corrected chi connectivity index (χ0v) is 12.8. The van der Waals surface area contributed by atoms with Gasteiger partial charge in [-0.3, -0.25) is 9.55 Å². The first-order valence-corrected chi connectivity index (χ1v) is 7.31. The molecular formula is C17H17N5O. The van der Waals surface area contributed by atoms with Crippen LogP contribution in [0.1, 0.15) is 11.3 Å². The fraction of sp³-hybridized carbons (Fsp3) is 0.176. The van der Waals surface area contributed by atoms with Gasteiger partial charge in [0, 0.05) is 19.8 Å². The highest BCUT2D eigenvalue weighted by atomic mass is 16.1. The van der Waals surface area contributed by atoms with E-state index in [1.54, 1.807) is 6.20 Å². The molecular weight excluding hydrogens is 290 g/mol. The largest absolute Gasteiger partial charge is 0.352 e. The molecule has 0 amide bonds.